The van der Waals surface area contributed by atoms with Crippen LogP contribution in [0.15, 0.2) is 0 Å². The molecule has 0 aromatic carbocycles. The Morgan fingerprint density at radius 2 is 1.43 bits per heavy atom. The first kappa shape index (κ1) is 13.7. The molecule has 0 spiro atoms. The van der Waals surface area contributed by atoms with E-state index in [9.17, 15) is 30.0 Å². The maximum Gasteiger partial charge on any atom is 0.480 e. The molecule has 0 saturated heterocycles. The number of rotatable bonds is 3. The smallest absolute Gasteiger partial charge is 0.428 e. The summed E-state index contributed by atoms with van der Waals surface area (Å²) in [5.41, 5.74) is -5.69. The zero-order chi connectivity index (χ0) is 11.8. The van der Waals surface area contributed by atoms with Crippen LogP contribution < -0.4 is 0 Å². The van der Waals surface area contributed by atoms with Gasteiger partial charge in [-0.25, -0.2) is 16.8 Å². The van der Waals surface area contributed by atoms with Gasteiger partial charge in [0.1, 0.15) is 0 Å². The molecule has 0 aromatic rings. The monoisotopic (exact) mass is 254 g/mol. The molecule has 0 amide bonds. The standard InChI is InChI=1S/C4H7F3NO4S2/c1-3(2)13(9,10)8-14(11,12)4(5,6)7/h3H,1-2H3/q-1. The number of sulfonamides is 2. The van der Waals surface area contributed by atoms with E-state index in [0.29, 0.717) is 0 Å². The molecule has 14 heavy (non-hydrogen) atoms. The SMILES string of the molecule is CC(C)S(=O)(=O)[N-]S(=O)(=O)C(F)(F)F. The number of hydrogen-bond acceptors (Lipinski definition) is 4. The summed E-state index contributed by atoms with van der Waals surface area (Å²) in [7, 11) is -10.6. The fourth-order valence-electron chi connectivity index (χ4n) is 0.265. The summed E-state index contributed by atoms with van der Waals surface area (Å²) in [5, 5.41) is -1.32. The van der Waals surface area contributed by atoms with Crippen LogP contribution in [0.2, 0.25) is 0 Å². The molecule has 0 N–H and O–H groups in total. The lowest BCUT2D eigenvalue weighted by Crippen LogP contribution is -2.26. The summed E-state index contributed by atoms with van der Waals surface area (Å²) in [6, 6.07) is 0. The van der Waals surface area contributed by atoms with Crippen molar-refractivity contribution in [1.82, 2.24) is 0 Å². The van der Waals surface area contributed by atoms with Crippen molar-refractivity contribution in [2.45, 2.75) is 24.6 Å². The maximum atomic E-state index is 11.7. The minimum atomic E-state index is -5.96. The van der Waals surface area contributed by atoms with Gasteiger partial charge in [-0.3, -0.25) is 0 Å². The topological polar surface area (TPSA) is 82.4 Å². The van der Waals surface area contributed by atoms with E-state index in [1.807, 2.05) is 4.13 Å². The lowest BCUT2D eigenvalue weighted by atomic mass is 10.6. The normalized spacial score (nSPS) is 14.7. The van der Waals surface area contributed by atoms with Crippen molar-refractivity contribution >= 4 is 20.0 Å². The van der Waals surface area contributed by atoms with Crippen molar-refractivity contribution in [2.75, 3.05) is 0 Å². The van der Waals surface area contributed by atoms with Gasteiger partial charge in [-0.15, -0.1) is 0 Å². The van der Waals surface area contributed by atoms with Gasteiger partial charge < -0.3 is 4.13 Å². The third-order valence-corrected chi connectivity index (χ3v) is 4.48. The molecule has 0 aliphatic heterocycles. The van der Waals surface area contributed by atoms with Crippen molar-refractivity contribution in [3.05, 3.63) is 4.13 Å². The first-order valence-corrected chi connectivity index (χ1v) is 6.14. The molecule has 0 aromatic heterocycles. The van der Waals surface area contributed by atoms with Gasteiger partial charge in [-0.1, -0.05) is 13.8 Å². The van der Waals surface area contributed by atoms with Gasteiger partial charge in [-0.2, -0.15) is 13.2 Å². The third-order valence-electron chi connectivity index (χ3n) is 1.09. The van der Waals surface area contributed by atoms with Gasteiger partial charge in [0.05, 0.1) is 10.0 Å². The summed E-state index contributed by atoms with van der Waals surface area (Å²) in [5.74, 6) is 0. The number of halogens is 3. The van der Waals surface area contributed by atoms with Gasteiger partial charge in [0.25, 0.3) is 0 Å². The highest BCUT2D eigenvalue weighted by molar-refractivity contribution is 8.12. The summed E-state index contributed by atoms with van der Waals surface area (Å²) in [4.78, 5) is 0. The van der Waals surface area contributed by atoms with Crippen LogP contribution in [0.4, 0.5) is 13.2 Å². The highest BCUT2D eigenvalue weighted by Gasteiger charge is 2.40. The second-order valence-corrected chi connectivity index (χ2v) is 6.54. The van der Waals surface area contributed by atoms with E-state index in [0.717, 1.165) is 13.8 Å². The fraction of sp³-hybridized carbons (Fsp3) is 1.00. The van der Waals surface area contributed by atoms with Crippen LogP contribution in [0.25, 0.3) is 4.13 Å². The van der Waals surface area contributed by atoms with Crippen molar-refractivity contribution in [3.8, 4) is 0 Å². The first-order chi connectivity index (χ1) is 5.90. The molecule has 5 nitrogen and oxygen atoms in total. The van der Waals surface area contributed by atoms with E-state index >= 15 is 0 Å². The van der Waals surface area contributed by atoms with E-state index in [1.165, 1.54) is 0 Å². The van der Waals surface area contributed by atoms with E-state index < -0.39 is 30.8 Å². The highest BCUT2D eigenvalue weighted by atomic mass is 32.3. The summed E-state index contributed by atoms with van der Waals surface area (Å²) < 4.78 is 79.0. The molecule has 0 aliphatic carbocycles. The Labute approximate surface area is 79.4 Å². The van der Waals surface area contributed by atoms with Crippen molar-refractivity contribution < 1.29 is 30.0 Å². The maximum absolute atomic E-state index is 11.7. The van der Waals surface area contributed by atoms with Crippen LogP contribution in [0, 0.1) is 0 Å². The highest BCUT2D eigenvalue weighted by Crippen LogP contribution is 2.30. The Kier molecular flexibility index (Phi) is 3.57. The zero-order valence-electron chi connectivity index (χ0n) is 7.11. The third kappa shape index (κ3) is 3.10. The van der Waals surface area contributed by atoms with E-state index in [4.69, 9.17) is 0 Å². The molecular formula is C4H7F3NO4S2-. The average Bonchev–Trinajstić information content (AvgIpc) is 1.80. The second kappa shape index (κ2) is 3.66. The van der Waals surface area contributed by atoms with Gasteiger partial charge in [0.15, 0.2) is 10.0 Å². The lowest BCUT2D eigenvalue weighted by Gasteiger charge is -2.23. The van der Waals surface area contributed by atoms with Crippen LogP contribution in [0.5, 0.6) is 0 Å². The Bertz CT molecular complexity index is 393. The average molecular weight is 254 g/mol. The fourth-order valence-corrected chi connectivity index (χ4v) is 2.39. The van der Waals surface area contributed by atoms with Crippen molar-refractivity contribution in [3.63, 3.8) is 0 Å². The molecule has 0 heterocycles. The second-order valence-electron chi connectivity index (χ2n) is 2.56. The minimum absolute atomic E-state index is 1.02. The predicted octanol–water partition coefficient (Wildman–Crippen LogP) is 0.948. The minimum Gasteiger partial charge on any atom is -0.428 e. The molecule has 0 bridgehead atoms. The number of alkyl halides is 3. The van der Waals surface area contributed by atoms with Gasteiger partial charge in [-0.05, 0) is 0 Å². The number of nitrogens with zero attached hydrogens (tertiary/aromatic N) is 1. The molecule has 0 fully saturated rings. The Hall–Kier alpha value is -0.350. The van der Waals surface area contributed by atoms with E-state index in [-0.39, 0.29) is 0 Å². The van der Waals surface area contributed by atoms with Gasteiger partial charge in [0, 0.05) is 5.25 Å². The van der Waals surface area contributed by atoms with Gasteiger partial charge in [0.2, 0.25) is 0 Å². The summed E-state index contributed by atoms with van der Waals surface area (Å²) in [6.07, 6.45) is 0. The molecule has 0 aliphatic rings. The lowest BCUT2D eigenvalue weighted by molar-refractivity contribution is -0.0425. The molecule has 0 saturated carbocycles. The largest absolute Gasteiger partial charge is 0.480 e. The summed E-state index contributed by atoms with van der Waals surface area (Å²) >= 11 is 0. The zero-order valence-corrected chi connectivity index (χ0v) is 8.74. The predicted molar refractivity (Wildman–Crippen MR) is 42.4 cm³/mol. The first-order valence-electron chi connectivity index (χ1n) is 3.19. The molecule has 0 radical (unpaired) electrons. The van der Waals surface area contributed by atoms with Crippen LogP contribution >= 0.6 is 0 Å². The van der Waals surface area contributed by atoms with E-state index in [1.54, 1.807) is 0 Å². The van der Waals surface area contributed by atoms with Crippen molar-refractivity contribution in [2.24, 2.45) is 0 Å². The Morgan fingerprint density at radius 1 is 1.07 bits per heavy atom. The molecule has 10 heteroatoms. The molecule has 86 valence electrons. The quantitative estimate of drug-likeness (QED) is 0.750. The Morgan fingerprint density at radius 3 is 1.64 bits per heavy atom. The summed E-state index contributed by atoms with van der Waals surface area (Å²) in [6.45, 7) is 2.04. The van der Waals surface area contributed by atoms with Crippen LogP contribution in [-0.2, 0) is 20.0 Å². The Balaban J connectivity index is 5.09. The van der Waals surface area contributed by atoms with Crippen molar-refractivity contribution in [1.29, 1.82) is 0 Å². The molecule has 0 unspecified atom stereocenters. The number of hydrogen-bond donors (Lipinski definition) is 0. The molecule has 0 rings (SSSR count). The van der Waals surface area contributed by atoms with Crippen LogP contribution in [-0.4, -0.2) is 27.6 Å². The molecule has 0 atom stereocenters. The van der Waals surface area contributed by atoms with E-state index in [2.05, 4.69) is 0 Å². The van der Waals surface area contributed by atoms with Crippen LogP contribution in [0.3, 0.4) is 0 Å². The van der Waals surface area contributed by atoms with Gasteiger partial charge >= 0.3 is 5.51 Å². The molecular weight excluding hydrogens is 247 g/mol. The van der Waals surface area contributed by atoms with Crippen LogP contribution in [0.1, 0.15) is 13.8 Å².